The van der Waals surface area contributed by atoms with Crippen LogP contribution < -0.4 is 0 Å². The van der Waals surface area contributed by atoms with Crippen LogP contribution in [0.3, 0.4) is 0 Å². The molecule has 0 spiro atoms. The second-order valence-electron chi connectivity index (χ2n) is 17.6. The molecule has 0 aromatic rings. The molecule has 2 aliphatic rings. The van der Waals surface area contributed by atoms with E-state index in [1.807, 2.05) is 12.2 Å². The Labute approximate surface area is 417 Å². The summed E-state index contributed by atoms with van der Waals surface area (Å²) in [7, 11) is 0. The highest BCUT2D eigenvalue weighted by molar-refractivity contribution is 5.70. The molecular weight excluding hydrogens is 901 g/mol. The lowest BCUT2D eigenvalue weighted by atomic mass is 9.98. The summed E-state index contributed by atoms with van der Waals surface area (Å²) < 4.78 is 33.5. The van der Waals surface area contributed by atoms with Gasteiger partial charge in [0.1, 0.15) is 55.4 Å². The number of carbonyl (C=O) groups is 2. The van der Waals surface area contributed by atoms with Gasteiger partial charge in [0.25, 0.3) is 0 Å². The molecule has 2 heterocycles. The van der Waals surface area contributed by atoms with Gasteiger partial charge in [0.15, 0.2) is 18.7 Å². The van der Waals surface area contributed by atoms with Crippen LogP contribution in [0.5, 0.6) is 0 Å². The summed E-state index contributed by atoms with van der Waals surface area (Å²) in [6.07, 6.45) is 34.5. The van der Waals surface area contributed by atoms with Crippen molar-refractivity contribution in [3.05, 3.63) is 97.2 Å². The number of hydrogen-bond donors (Lipinski definition) is 7. The molecule has 15 nitrogen and oxygen atoms in total. The van der Waals surface area contributed by atoms with Crippen LogP contribution in [-0.2, 0) is 38.0 Å². The summed E-state index contributed by atoms with van der Waals surface area (Å²) in [6.45, 7) is 2.25. The first-order valence-electron chi connectivity index (χ1n) is 25.8. The molecule has 15 heteroatoms. The normalized spacial score (nSPS) is 26.2. The van der Waals surface area contributed by atoms with E-state index >= 15 is 0 Å². The van der Waals surface area contributed by atoms with Gasteiger partial charge in [0, 0.05) is 12.8 Å². The molecule has 2 fully saturated rings. The number of esters is 2. The van der Waals surface area contributed by atoms with Crippen molar-refractivity contribution in [1.82, 2.24) is 0 Å². The Morgan fingerprint density at radius 3 is 1.40 bits per heavy atom. The highest BCUT2D eigenvalue weighted by atomic mass is 16.7. The van der Waals surface area contributed by atoms with Crippen molar-refractivity contribution in [3.8, 4) is 0 Å². The summed E-state index contributed by atoms with van der Waals surface area (Å²) in [4.78, 5) is 25.7. The van der Waals surface area contributed by atoms with Crippen molar-refractivity contribution in [2.75, 3.05) is 26.4 Å². The predicted octanol–water partition coefficient (Wildman–Crippen LogP) is 7.37. The van der Waals surface area contributed by atoms with Crippen molar-refractivity contribution < 1.29 is 73.8 Å². The van der Waals surface area contributed by atoms with E-state index in [2.05, 4.69) is 98.9 Å². The first kappa shape index (κ1) is 62.5. The molecule has 0 aromatic carbocycles. The summed E-state index contributed by atoms with van der Waals surface area (Å²) in [5.74, 6) is -1.04. The van der Waals surface area contributed by atoms with Crippen LogP contribution in [-0.4, -0.2) is 142 Å². The fourth-order valence-electron chi connectivity index (χ4n) is 7.40. The van der Waals surface area contributed by atoms with Crippen molar-refractivity contribution in [3.63, 3.8) is 0 Å². The standard InChI is InChI=1S/C55H88O15/c1-3-5-7-9-11-13-15-17-18-19-20-21-22-23-24-26-28-30-32-34-36-38-47(58)68-43(40-65-46(57)37-35-33-31-29-27-25-16-14-12-10-8-6-4-2)41-66-54-53(64)51(62)49(60)45(70-54)42-67-55-52(63)50(61)48(59)44(39-56)69-55/h5-8,11-14,17-18,20-21,25,27,31,33,43-45,48-56,59-64H,3-4,9-10,15-16,19,22-24,26,28-30,32,34-42H2,1-2H3/b7-5-,8-6-,13-11-,14-12-,18-17-,21-20-,27-25-,33-31-. The maximum Gasteiger partial charge on any atom is 0.306 e. The minimum absolute atomic E-state index is 0.0890. The van der Waals surface area contributed by atoms with Gasteiger partial charge in [-0.2, -0.15) is 0 Å². The topological polar surface area (TPSA) is 231 Å². The molecule has 11 unspecified atom stereocenters. The SMILES string of the molecule is CC/C=C\C/C=C\C/C=C\C/C=C\CCCCCCCCCCC(=O)OC(COC(=O)CC/C=C\C/C=C\C/C=C\C/C=C\CC)COC1OC(COC2OC(CO)C(O)C(O)C2O)C(O)C(O)C1O. The van der Waals surface area contributed by atoms with Gasteiger partial charge in [0.2, 0.25) is 0 Å². The van der Waals surface area contributed by atoms with Crippen LogP contribution in [0, 0.1) is 0 Å². The number of unbranched alkanes of at least 4 members (excludes halogenated alkanes) is 8. The maximum atomic E-state index is 13.0. The molecule has 0 amide bonds. The maximum absolute atomic E-state index is 13.0. The molecule has 0 bridgehead atoms. The predicted molar refractivity (Wildman–Crippen MR) is 270 cm³/mol. The van der Waals surface area contributed by atoms with Crippen molar-refractivity contribution >= 4 is 11.9 Å². The van der Waals surface area contributed by atoms with Crippen LogP contribution in [0.4, 0.5) is 0 Å². The van der Waals surface area contributed by atoms with E-state index in [1.54, 1.807) is 0 Å². The summed E-state index contributed by atoms with van der Waals surface area (Å²) in [5, 5.41) is 72.1. The molecular formula is C55H88O15. The van der Waals surface area contributed by atoms with Crippen LogP contribution in [0.25, 0.3) is 0 Å². The number of aliphatic hydroxyl groups is 7. The van der Waals surface area contributed by atoms with Crippen molar-refractivity contribution in [1.29, 1.82) is 0 Å². The second-order valence-corrected chi connectivity index (χ2v) is 17.6. The van der Waals surface area contributed by atoms with E-state index in [0.717, 1.165) is 83.5 Å². The lowest BCUT2D eigenvalue weighted by molar-refractivity contribution is -0.332. The average Bonchev–Trinajstić information content (AvgIpc) is 3.35. The van der Waals surface area contributed by atoms with Crippen LogP contribution in [0.1, 0.15) is 142 Å². The zero-order valence-electron chi connectivity index (χ0n) is 42.0. The van der Waals surface area contributed by atoms with Crippen LogP contribution in [0.15, 0.2) is 97.2 Å². The third-order valence-corrected chi connectivity index (χ3v) is 11.6. The molecule has 0 radical (unpaired) electrons. The molecule has 70 heavy (non-hydrogen) atoms. The molecule has 2 aliphatic heterocycles. The molecule has 0 saturated carbocycles. The fourth-order valence-corrected chi connectivity index (χ4v) is 7.40. The van der Waals surface area contributed by atoms with Gasteiger partial charge in [-0.3, -0.25) is 9.59 Å². The lowest BCUT2D eigenvalue weighted by Gasteiger charge is -2.42. The fraction of sp³-hybridized carbons (Fsp3) is 0.673. The van der Waals surface area contributed by atoms with Gasteiger partial charge in [-0.25, -0.2) is 0 Å². The van der Waals surface area contributed by atoms with E-state index in [1.165, 1.54) is 19.3 Å². The van der Waals surface area contributed by atoms with E-state index in [9.17, 15) is 45.3 Å². The Bertz CT molecular complexity index is 1580. The first-order chi connectivity index (χ1) is 34.0. The van der Waals surface area contributed by atoms with Gasteiger partial charge >= 0.3 is 11.9 Å². The molecule has 7 N–H and O–H groups in total. The number of aliphatic hydroxyl groups excluding tert-OH is 7. The molecule has 11 atom stereocenters. The molecule has 0 aromatic heterocycles. The van der Waals surface area contributed by atoms with Crippen LogP contribution >= 0.6 is 0 Å². The Hall–Kier alpha value is -3.58. The zero-order valence-corrected chi connectivity index (χ0v) is 42.0. The monoisotopic (exact) mass is 989 g/mol. The quantitative estimate of drug-likeness (QED) is 0.0182. The average molecular weight is 989 g/mol. The Kier molecular flexibility index (Phi) is 36.6. The Morgan fingerprint density at radius 1 is 0.457 bits per heavy atom. The third kappa shape index (κ3) is 28.5. The number of ether oxygens (including phenoxy) is 6. The summed E-state index contributed by atoms with van der Waals surface area (Å²) >= 11 is 0. The first-order valence-corrected chi connectivity index (χ1v) is 25.8. The number of allylic oxidation sites excluding steroid dienone is 16. The van der Waals surface area contributed by atoms with Gasteiger partial charge < -0.3 is 64.2 Å². The summed E-state index contributed by atoms with van der Waals surface area (Å²) in [5.41, 5.74) is 0. The van der Waals surface area contributed by atoms with Gasteiger partial charge in [-0.05, 0) is 77.0 Å². The number of carbonyl (C=O) groups excluding carboxylic acids is 2. The molecule has 2 saturated heterocycles. The van der Waals surface area contributed by atoms with E-state index in [-0.39, 0.29) is 19.4 Å². The highest BCUT2D eigenvalue weighted by Gasteiger charge is 2.47. The van der Waals surface area contributed by atoms with Gasteiger partial charge in [0.05, 0.1) is 19.8 Å². The minimum atomic E-state index is -1.78. The number of rotatable bonds is 38. The number of hydrogen-bond acceptors (Lipinski definition) is 15. The highest BCUT2D eigenvalue weighted by Crippen LogP contribution is 2.26. The summed E-state index contributed by atoms with van der Waals surface area (Å²) in [6, 6.07) is 0. The van der Waals surface area contributed by atoms with E-state index < -0.39 is 99.3 Å². The third-order valence-electron chi connectivity index (χ3n) is 11.6. The van der Waals surface area contributed by atoms with Crippen LogP contribution in [0.2, 0.25) is 0 Å². The smallest absolute Gasteiger partial charge is 0.306 e. The Morgan fingerprint density at radius 2 is 0.886 bits per heavy atom. The van der Waals surface area contributed by atoms with Gasteiger partial charge in [-0.1, -0.05) is 150 Å². The van der Waals surface area contributed by atoms with E-state index in [4.69, 9.17) is 28.4 Å². The second kappa shape index (κ2) is 41.0. The molecule has 2 rings (SSSR count). The van der Waals surface area contributed by atoms with Crippen molar-refractivity contribution in [2.45, 2.75) is 210 Å². The molecule has 398 valence electrons. The molecule has 0 aliphatic carbocycles. The largest absolute Gasteiger partial charge is 0.462 e. The lowest BCUT2D eigenvalue weighted by Crippen LogP contribution is -2.61. The minimum Gasteiger partial charge on any atom is -0.462 e. The zero-order chi connectivity index (χ0) is 51.0. The van der Waals surface area contributed by atoms with E-state index in [0.29, 0.717) is 12.8 Å². The van der Waals surface area contributed by atoms with Gasteiger partial charge in [-0.15, -0.1) is 0 Å². The van der Waals surface area contributed by atoms with Crippen molar-refractivity contribution in [2.24, 2.45) is 0 Å². The Balaban J connectivity index is 1.82.